The number of nitrogens with one attached hydrogen (secondary N) is 1. The number of halogens is 1. The second-order valence-corrected chi connectivity index (χ2v) is 4.01. The number of hydrogen-bond donors (Lipinski definition) is 2. The predicted octanol–water partition coefficient (Wildman–Crippen LogP) is 2.63. The SMILES string of the molecule is C=CCNC(=O)/C(C)=C/c1cc(N)ccc1Cl. The molecule has 0 aliphatic carbocycles. The lowest BCUT2D eigenvalue weighted by Crippen LogP contribution is -2.23. The summed E-state index contributed by atoms with van der Waals surface area (Å²) in [6, 6.07) is 5.15. The van der Waals surface area contributed by atoms with Gasteiger partial charge in [-0.2, -0.15) is 0 Å². The summed E-state index contributed by atoms with van der Waals surface area (Å²) >= 11 is 6.00. The Hall–Kier alpha value is -1.74. The molecule has 0 aliphatic heterocycles. The van der Waals surface area contributed by atoms with Crippen LogP contribution < -0.4 is 11.1 Å². The Morgan fingerprint density at radius 1 is 1.59 bits per heavy atom. The molecule has 0 atom stereocenters. The molecule has 0 aliphatic rings. The van der Waals surface area contributed by atoms with Crippen LogP contribution in [0.4, 0.5) is 5.69 Å². The van der Waals surface area contributed by atoms with Gasteiger partial charge in [0.05, 0.1) is 0 Å². The first-order valence-electron chi connectivity index (χ1n) is 5.17. The molecule has 0 saturated heterocycles. The monoisotopic (exact) mass is 250 g/mol. The number of benzene rings is 1. The average Bonchev–Trinajstić information content (AvgIpc) is 2.30. The first kappa shape index (κ1) is 13.3. The highest BCUT2D eigenvalue weighted by atomic mass is 35.5. The van der Waals surface area contributed by atoms with Crippen LogP contribution in [-0.2, 0) is 4.79 Å². The van der Waals surface area contributed by atoms with Gasteiger partial charge in [0.2, 0.25) is 5.91 Å². The first-order chi connectivity index (χ1) is 8.04. The largest absolute Gasteiger partial charge is 0.399 e. The van der Waals surface area contributed by atoms with E-state index in [0.29, 0.717) is 22.8 Å². The molecule has 0 unspecified atom stereocenters. The Morgan fingerprint density at radius 2 is 2.29 bits per heavy atom. The summed E-state index contributed by atoms with van der Waals surface area (Å²) in [6.45, 7) is 5.69. The summed E-state index contributed by atoms with van der Waals surface area (Å²) in [6.07, 6.45) is 3.33. The molecular weight excluding hydrogens is 236 g/mol. The van der Waals surface area contributed by atoms with Crippen LogP contribution in [0.15, 0.2) is 36.4 Å². The molecule has 0 spiro atoms. The fourth-order valence-electron chi connectivity index (χ4n) is 1.28. The minimum Gasteiger partial charge on any atom is -0.399 e. The van der Waals surface area contributed by atoms with Crippen molar-refractivity contribution in [2.24, 2.45) is 0 Å². The average molecular weight is 251 g/mol. The van der Waals surface area contributed by atoms with Crippen molar-refractivity contribution in [3.05, 3.63) is 47.0 Å². The van der Waals surface area contributed by atoms with E-state index in [1.54, 1.807) is 37.3 Å². The van der Waals surface area contributed by atoms with Crippen LogP contribution in [0.25, 0.3) is 6.08 Å². The van der Waals surface area contributed by atoms with Crippen LogP contribution in [-0.4, -0.2) is 12.5 Å². The van der Waals surface area contributed by atoms with Gasteiger partial charge >= 0.3 is 0 Å². The number of rotatable bonds is 4. The van der Waals surface area contributed by atoms with Gasteiger partial charge in [0.1, 0.15) is 0 Å². The van der Waals surface area contributed by atoms with Gasteiger partial charge in [-0.05, 0) is 36.8 Å². The molecule has 3 nitrogen and oxygen atoms in total. The molecule has 1 aromatic rings. The van der Waals surface area contributed by atoms with E-state index in [1.807, 2.05) is 0 Å². The maximum atomic E-state index is 11.6. The van der Waals surface area contributed by atoms with Crippen LogP contribution in [0.5, 0.6) is 0 Å². The standard InChI is InChI=1S/C13H15ClN2O/c1-3-6-16-13(17)9(2)7-10-8-11(15)4-5-12(10)14/h3-5,7-8H,1,6,15H2,2H3,(H,16,17)/b9-7+. The minimum atomic E-state index is -0.150. The van der Waals surface area contributed by atoms with Crippen LogP contribution in [0.1, 0.15) is 12.5 Å². The third kappa shape index (κ3) is 3.96. The van der Waals surface area contributed by atoms with Gasteiger partial charge in [-0.3, -0.25) is 4.79 Å². The molecule has 0 saturated carbocycles. The highest BCUT2D eigenvalue weighted by Gasteiger charge is 2.04. The van der Waals surface area contributed by atoms with E-state index >= 15 is 0 Å². The molecule has 1 amide bonds. The van der Waals surface area contributed by atoms with Gasteiger partial charge < -0.3 is 11.1 Å². The molecule has 3 N–H and O–H groups in total. The van der Waals surface area contributed by atoms with Crippen molar-refractivity contribution in [2.45, 2.75) is 6.92 Å². The Bertz CT molecular complexity index is 466. The van der Waals surface area contributed by atoms with E-state index in [0.717, 1.165) is 5.56 Å². The zero-order valence-electron chi connectivity index (χ0n) is 9.66. The molecule has 1 rings (SSSR count). The minimum absolute atomic E-state index is 0.150. The second-order valence-electron chi connectivity index (χ2n) is 3.61. The second kappa shape index (κ2) is 6.11. The Labute approximate surface area is 106 Å². The van der Waals surface area contributed by atoms with Crippen molar-refractivity contribution < 1.29 is 4.79 Å². The number of anilines is 1. The zero-order valence-corrected chi connectivity index (χ0v) is 10.4. The molecule has 4 heteroatoms. The predicted molar refractivity (Wildman–Crippen MR) is 72.7 cm³/mol. The van der Waals surface area contributed by atoms with E-state index in [2.05, 4.69) is 11.9 Å². The number of nitrogen functional groups attached to an aromatic ring is 1. The van der Waals surface area contributed by atoms with Crippen LogP contribution in [0, 0.1) is 0 Å². The third-order valence-electron chi connectivity index (χ3n) is 2.16. The molecular formula is C13H15ClN2O. The number of amides is 1. The number of carbonyl (C=O) groups is 1. The lowest BCUT2D eigenvalue weighted by molar-refractivity contribution is -0.117. The van der Waals surface area contributed by atoms with E-state index in [9.17, 15) is 4.79 Å². The van der Waals surface area contributed by atoms with Gasteiger partial charge in [-0.15, -0.1) is 6.58 Å². The summed E-state index contributed by atoms with van der Waals surface area (Å²) in [5, 5.41) is 3.25. The molecule has 0 radical (unpaired) electrons. The van der Waals surface area contributed by atoms with Crippen molar-refractivity contribution in [3.8, 4) is 0 Å². The highest BCUT2D eigenvalue weighted by molar-refractivity contribution is 6.32. The van der Waals surface area contributed by atoms with Crippen molar-refractivity contribution in [2.75, 3.05) is 12.3 Å². The topological polar surface area (TPSA) is 55.1 Å². The van der Waals surface area contributed by atoms with Gasteiger partial charge in [0.25, 0.3) is 0 Å². The van der Waals surface area contributed by atoms with E-state index < -0.39 is 0 Å². The normalized spacial score (nSPS) is 11.1. The van der Waals surface area contributed by atoms with Crippen LogP contribution in [0.3, 0.4) is 0 Å². The van der Waals surface area contributed by atoms with Crippen molar-refractivity contribution in [1.82, 2.24) is 5.32 Å². The summed E-state index contributed by atoms with van der Waals surface area (Å²) in [5.41, 5.74) is 7.57. The molecule has 90 valence electrons. The number of carbonyl (C=O) groups excluding carboxylic acids is 1. The lowest BCUT2D eigenvalue weighted by Gasteiger charge is -2.04. The zero-order chi connectivity index (χ0) is 12.8. The Balaban J connectivity index is 2.90. The van der Waals surface area contributed by atoms with E-state index in [-0.39, 0.29) is 5.91 Å². The smallest absolute Gasteiger partial charge is 0.247 e. The van der Waals surface area contributed by atoms with Gasteiger partial charge in [0, 0.05) is 22.8 Å². The lowest BCUT2D eigenvalue weighted by atomic mass is 10.1. The van der Waals surface area contributed by atoms with Crippen LogP contribution >= 0.6 is 11.6 Å². The van der Waals surface area contributed by atoms with Crippen molar-refractivity contribution >= 4 is 29.3 Å². The Kier molecular flexibility index (Phi) is 4.79. The summed E-state index contributed by atoms with van der Waals surface area (Å²) in [7, 11) is 0. The maximum Gasteiger partial charge on any atom is 0.247 e. The van der Waals surface area contributed by atoms with Crippen LogP contribution in [0.2, 0.25) is 5.02 Å². The number of nitrogens with two attached hydrogens (primary N) is 1. The van der Waals surface area contributed by atoms with E-state index in [1.165, 1.54) is 0 Å². The Morgan fingerprint density at radius 3 is 2.94 bits per heavy atom. The molecule has 0 fully saturated rings. The van der Waals surface area contributed by atoms with Crippen molar-refractivity contribution in [1.29, 1.82) is 0 Å². The molecule has 0 heterocycles. The summed E-state index contributed by atoms with van der Waals surface area (Å²) in [4.78, 5) is 11.6. The first-order valence-corrected chi connectivity index (χ1v) is 5.55. The summed E-state index contributed by atoms with van der Waals surface area (Å²) < 4.78 is 0. The van der Waals surface area contributed by atoms with Crippen molar-refractivity contribution in [3.63, 3.8) is 0 Å². The highest BCUT2D eigenvalue weighted by Crippen LogP contribution is 2.21. The molecule has 0 bridgehead atoms. The quantitative estimate of drug-likeness (QED) is 0.490. The van der Waals surface area contributed by atoms with Gasteiger partial charge in [-0.1, -0.05) is 17.7 Å². The fourth-order valence-corrected chi connectivity index (χ4v) is 1.45. The third-order valence-corrected chi connectivity index (χ3v) is 2.50. The van der Waals surface area contributed by atoms with E-state index in [4.69, 9.17) is 17.3 Å². The maximum absolute atomic E-state index is 11.6. The van der Waals surface area contributed by atoms with Gasteiger partial charge in [0.15, 0.2) is 0 Å². The fraction of sp³-hybridized carbons (Fsp3) is 0.154. The molecule has 0 aromatic heterocycles. The van der Waals surface area contributed by atoms with Gasteiger partial charge in [-0.25, -0.2) is 0 Å². The number of hydrogen-bond acceptors (Lipinski definition) is 2. The molecule has 17 heavy (non-hydrogen) atoms. The molecule has 1 aromatic carbocycles. The summed E-state index contributed by atoms with van der Waals surface area (Å²) in [5.74, 6) is -0.150.